The van der Waals surface area contributed by atoms with Crippen molar-refractivity contribution in [1.82, 2.24) is 15.1 Å². The third-order valence-corrected chi connectivity index (χ3v) is 3.86. The maximum atomic E-state index is 12.9. The summed E-state index contributed by atoms with van der Waals surface area (Å²) in [5, 5.41) is 7.27. The Hall–Kier alpha value is -1.04. The van der Waals surface area contributed by atoms with Crippen LogP contribution in [0.3, 0.4) is 0 Å². The quantitative estimate of drug-likeness (QED) is 0.919. The van der Waals surface area contributed by atoms with Gasteiger partial charge in [0.05, 0.1) is 11.6 Å². The lowest BCUT2D eigenvalue weighted by atomic mass is 9.84. The molecule has 1 aliphatic rings. The Kier molecular flexibility index (Phi) is 4.18. The number of hydrogen-bond acceptors (Lipinski definition) is 2. The monoisotopic (exact) mass is 275 g/mol. The van der Waals surface area contributed by atoms with Crippen molar-refractivity contribution >= 4 is 0 Å². The van der Waals surface area contributed by atoms with Crippen LogP contribution in [0.1, 0.15) is 36.9 Å². The molecule has 2 unspecified atom stereocenters. The highest BCUT2D eigenvalue weighted by molar-refractivity contribution is 5.15. The minimum absolute atomic E-state index is 0.243. The highest BCUT2D eigenvalue weighted by Gasteiger charge is 2.45. The first-order chi connectivity index (χ1) is 8.88. The summed E-state index contributed by atoms with van der Waals surface area (Å²) >= 11 is 0. The molecule has 1 heterocycles. The van der Waals surface area contributed by atoms with E-state index in [0.717, 1.165) is 17.7 Å². The lowest BCUT2D eigenvalue weighted by Crippen LogP contribution is -2.45. The molecule has 0 aromatic carbocycles. The largest absolute Gasteiger partial charge is 0.393 e. The Morgan fingerprint density at radius 2 is 2.05 bits per heavy atom. The summed E-state index contributed by atoms with van der Waals surface area (Å²) < 4.78 is 40.5. The molecule has 108 valence electrons. The van der Waals surface area contributed by atoms with Crippen molar-refractivity contribution in [3.8, 4) is 0 Å². The third kappa shape index (κ3) is 3.49. The van der Waals surface area contributed by atoms with Crippen LogP contribution in [0.4, 0.5) is 13.2 Å². The van der Waals surface area contributed by atoms with Crippen molar-refractivity contribution in [3.63, 3.8) is 0 Å². The molecular weight excluding hydrogens is 255 g/mol. The van der Waals surface area contributed by atoms with Gasteiger partial charge in [-0.2, -0.15) is 18.3 Å². The SMILES string of the molecule is Cc1nn(C)cc1CNC1CCCCC1C(F)(F)F. The van der Waals surface area contributed by atoms with Crippen molar-refractivity contribution in [3.05, 3.63) is 17.5 Å². The molecule has 1 aromatic rings. The van der Waals surface area contributed by atoms with E-state index in [1.165, 1.54) is 0 Å². The van der Waals surface area contributed by atoms with Gasteiger partial charge in [0.2, 0.25) is 0 Å². The van der Waals surface area contributed by atoms with Gasteiger partial charge in [-0.25, -0.2) is 0 Å². The van der Waals surface area contributed by atoms with Gasteiger partial charge in [-0.1, -0.05) is 12.8 Å². The second-order valence-corrected chi connectivity index (χ2v) is 5.33. The summed E-state index contributed by atoms with van der Waals surface area (Å²) in [4.78, 5) is 0. The molecular formula is C13H20F3N3. The van der Waals surface area contributed by atoms with Crippen LogP contribution in [-0.2, 0) is 13.6 Å². The second kappa shape index (κ2) is 5.53. The molecule has 0 saturated heterocycles. The normalized spacial score (nSPS) is 24.7. The average molecular weight is 275 g/mol. The molecule has 0 aliphatic heterocycles. The van der Waals surface area contributed by atoms with Crippen LogP contribution in [-0.4, -0.2) is 22.0 Å². The van der Waals surface area contributed by atoms with Crippen LogP contribution in [0.5, 0.6) is 0 Å². The number of aryl methyl sites for hydroxylation is 2. The predicted octanol–water partition coefficient (Wildman–Crippen LogP) is 2.94. The van der Waals surface area contributed by atoms with Gasteiger partial charge in [0, 0.05) is 31.4 Å². The van der Waals surface area contributed by atoms with Crippen LogP contribution in [0.25, 0.3) is 0 Å². The summed E-state index contributed by atoms with van der Waals surface area (Å²) in [6, 6.07) is -0.464. The maximum absolute atomic E-state index is 12.9. The zero-order valence-corrected chi connectivity index (χ0v) is 11.3. The second-order valence-electron chi connectivity index (χ2n) is 5.33. The van der Waals surface area contributed by atoms with Gasteiger partial charge >= 0.3 is 6.18 Å². The number of aromatic nitrogens is 2. The standard InChI is InChI=1S/C13H20F3N3/c1-9-10(8-19(2)18-9)7-17-12-6-4-3-5-11(12)13(14,15)16/h8,11-12,17H,3-7H2,1-2H3. The molecule has 1 aliphatic carbocycles. The number of rotatable bonds is 3. The van der Waals surface area contributed by atoms with Crippen LogP contribution >= 0.6 is 0 Å². The Labute approximate surface area is 111 Å². The molecule has 1 fully saturated rings. The van der Waals surface area contributed by atoms with Gasteiger partial charge in [-0.3, -0.25) is 4.68 Å². The summed E-state index contributed by atoms with van der Waals surface area (Å²) in [6.07, 6.45) is 0.150. The summed E-state index contributed by atoms with van der Waals surface area (Å²) in [5.41, 5.74) is 1.84. The van der Waals surface area contributed by atoms with E-state index < -0.39 is 18.1 Å². The number of nitrogens with zero attached hydrogens (tertiary/aromatic N) is 2. The highest BCUT2D eigenvalue weighted by atomic mass is 19.4. The molecule has 0 radical (unpaired) electrons. The first kappa shape index (κ1) is 14.4. The fourth-order valence-electron chi connectivity index (χ4n) is 2.83. The van der Waals surface area contributed by atoms with Crippen LogP contribution in [0.15, 0.2) is 6.20 Å². The molecule has 0 bridgehead atoms. The van der Waals surface area contributed by atoms with Gasteiger partial charge in [0.25, 0.3) is 0 Å². The number of hydrogen-bond donors (Lipinski definition) is 1. The summed E-state index contributed by atoms with van der Waals surface area (Å²) in [6.45, 7) is 2.33. The van der Waals surface area contributed by atoms with E-state index in [1.807, 2.05) is 20.2 Å². The van der Waals surface area contributed by atoms with Crippen molar-refractivity contribution in [1.29, 1.82) is 0 Å². The summed E-state index contributed by atoms with van der Waals surface area (Å²) in [7, 11) is 1.82. The minimum atomic E-state index is -4.10. The fraction of sp³-hybridized carbons (Fsp3) is 0.769. The van der Waals surface area contributed by atoms with E-state index in [2.05, 4.69) is 10.4 Å². The van der Waals surface area contributed by atoms with E-state index >= 15 is 0 Å². The molecule has 0 spiro atoms. The van der Waals surface area contributed by atoms with Crippen molar-refractivity contribution in [2.75, 3.05) is 0 Å². The summed E-state index contributed by atoms with van der Waals surface area (Å²) in [5.74, 6) is -1.21. The zero-order valence-electron chi connectivity index (χ0n) is 11.3. The fourth-order valence-corrected chi connectivity index (χ4v) is 2.83. The average Bonchev–Trinajstić information content (AvgIpc) is 2.64. The van der Waals surface area contributed by atoms with E-state index in [4.69, 9.17) is 0 Å². The molecule has 2 rings (SSSR count). The zero-order chi connectivity index (χ0) is 14.0. The third-order valence-electron chi connectivity index (χ3n) is 3.86. The van der Waals surface area contributed by atoms with E-state index in [9.17, 15) is 13.2 Å². The van der Waals surface area contributed by atoms with Crippen molar-refractivity contribution in [2.45, 2.75) is 51.4 Å². The predicted molar refractivity (Wildman–Crippen MR) is 66.6 cm³/mol. The minimum Gasteiger partial charge on any atom is -0.309 e. The van der Waals surface area contributed by atoms with E-state index in [1.54, 1.807) is 4.68 Å². The lowest BCUT2D eigenvalue weighted by molar-refractivity contribution is -0.189. The van der Waals surface area contributed by atoms with Crippen molar-refractivity contribution < 1.29 is 13.2 Å². The van der Waals surface area contributed by atoms with E-state index in [-0.39, 0.29) is 6.42 Å². The highest BCUT2D eigenvalue weighted by Crippen LogP contribution is 2.37. The molecule has 2 atom stereocenters. The van der Waals surface area contributed by atoms with Crippen LogP contribution in [0, 0.1) is 12.8 Å². The Bertz CT molecular complexity index is 425. The topological polar surface area (TPSA) is 29.9 Å². The first-order valence-electron chi connectivity index (χ1n) is 6.67. The Morgan fingerprint density at radius 1 is 1.37 bits per heavy atom. The molecule has 19 heavy (non-hydrogen) atoms. The number of alkyl halides is 3. The lowest BCUT2D eigenvalue weighted by Gasteiger charge is -2.33. The van der Waals surface area contributed by atoms with Gasteiger partial charge in [-0.15, -0.1) is 0 Å². The number of halogens is 3. The molecule has 6 heteroatoms. The van der Waals surface area contributed by atoms with E-state index in [0.29, 0.717) is 19.4 Å². The Balaban J connectivity index is 1.98. The Morgan fingerprint density at radius 3 is 2.63 bits per heavy atom. The molecule has 1 N–H and O–H groups in total. The van der Waals surface area contributed by atoms with Gasteiger partial charge in [0.1, 0.15) is 0 Å². The maximum Gasteiger partial charge on any atom is 0.393 e. The van der Waals surface area contributed by atoms with Gasteiger partial charge < -0.3 is 5.32 Å². The van der Waals surface area contributed by atoms with Crippen LogP contribution < -0.4 is 5.32 Å². The number of nitrogens with one attached hydrogen (secondary N) is 1. The van der Waals surface area contributed by atoms with Crippen molar-refractivity contribution in [2.24, 2.45) is 13.0 Å². The van der Waals surface area contributed by atoms with Crippen LogP contribution in [0.2, 0.25) is 0 Å². The molecule has 1 aromatic heterocycles. The first-order valence-corrected chi connectivity index (χ1v) is 6.67. The van der Waals surface area contributed by atoms with Gasteiger partial charge in [0.15, 0.2) is 0 Å². The smallest absolute Gasteiger partial charge is 0.309 e. The molecule has 0 amide bonds. The molecule has 1 saturated carbocycles. The van der Waals surface area contributed by atoms with Gasteiger partial charge in [-0.05, 0) is 19.8 Å². The molecule has 3 nitrogen and oxygen atoms in total.